The third-order valence-corrected chi connectivity index (χ3v) is 3.28. The van der Waals surface area contributed by atoms with Gasteiger partial charge in [-0.3, -0.25) is 4.99 Å². The lowest BCUT2D eigenvalue weighted by molar-refractivity contribution is 0.0186. The predicted molar refractivity (Wildman–Crippen MR) is 107 cm³/mol. The van der Waals surface area contributed by atoms with Gasteiger partial charge in [0.25, 0.3) is 0 Å². The Balaban J connectivity index is 0.00000529. The third-order valence-electron chi connectivity index (χ3n) is 3.28. The minimum absolute atomic E-state index is 0. The topological polar surface area (TPSA) is 80.4 Å². The zero-order valence-corrected chi connectivity index (χ0v) is 17.9. The zero-order valence-electron chi connectivity index (χ0n) is 15.6. The summed E-state index contributed by atoms with van der Waals surface area (Å²) in [5, 5.41) is 0. The monoisotopic (exact) mass is 456 g/mol. The van der Waals surface area contributed by atoms with Crippen LogP contribution >= 0.6 is 24.0 Å². The molecule has 0 aromatic rings. The second kappa shape index (κ2) is 11.0. The Hall–Kier alpha value is -0.770. The van der Waals surface area contributed by atoms with Crippen molar-refractivity contribution in [2.75, 3.05) is 39.3 Å². The molecule has 0 atom stereocenters. The number of halogens is 1. The van der Waals surface area contributed by atoms with Gasteiger partial charge in [-0.25, -0.2) is 4.79 Å². The number of guanidine groups is 1. The number of hydrogen-bond acceptors (Lipinski definition) is 4. The molecule has 1 amide bonds. The predicted octanol–water partition coefficient (Wildman–Crippen LogP) is 2.29. The number of ether oxygens (including phenoxy) is 2. The first-order valence-corrected chi connectivity index (χ1v) is 8.33. The summed E-state index contributed by atoms with van der Waals surface area (Å²) in [6.07, 6.45) is 0.840. The summed E-state index contributed by atoms with van der Waals surface area (Å²) in [6, 6.07) is 0. The number of piperazine rings is 1. The summed E-state index contributed by atoms with van der Waals surface area (Å²) in [4.78, 5) is 20.1. The maximum atomic E-state index is 12.0. The van der Waals surface area contributed by atoms with E-state index in [1.54, 1.807) is 4.90 Å². The minimum atomic E-state index is -0.466. The molecule has 1 aliphatic heterocycles. The fourth-order valence-electron chi connectivity index (χ4n) is 2.12. The Morgan fingerprint density at radius 1 is 1.17 bits per heavy atom. The first-order chi connectivity index (χ1) is 10.7. The van der Waals surface area contributed by atoms with E-state index in [0.29, 0.717) is 45.3 Å². The fraction of sp³-hybridized carbons (Fsp3) is 0.875. The van der Waals surface area contributed by atoms with Crippen LogP contribution in [-0.4, -0.2) is 72.9 Å². The van der Waals surface area contributed by atoms with Crippen molar-refractivity contribution < 1.29 is 14.3 Å². The SMILES string of the molecule is CC(C)OCCCN=C(N)N1CCN(C(=O)OC(C)(C)C)CC1.I. The van der Waals surface area contributed by atoms with Crippen molar-refractivity contribution in [1.82, 2.24) is 9.80 Å². The van der Waals surface area contributed by atoms with Crippen molar-refractivity contribution in [3.05, 3.63) is 0 Å². The summed E-state index contributed by atoms with van der Waals surface area (Å²) in [6.45, 7) is 13.5. The van der Waals surface area contributed by atoms with Crippen LogP contribution in [0.15, 0.2) is 4.99 Å². The second-order valence-corrected chi connectivity index (χ2v) is 6.97. The molecule has 0 aliphatic carbocycles. The van der Waals surface area contributed by atoms with Gasteiger partial charge in [-0.15, -0.1) is 24.0 Å². The highest BCUT2D eigenvalue weighted by Crippen LogP contribution is 2.11. The summed E-state index contributed by atoms with van der Waals surface area (Å²) in [5.41, 5.74) is 5.55. The van der Waals surface area contributed by atoms with Crippen LogP contribution in [0.3, 0.4) is 0 Å². The molecule has 0 aromatic heterocycles. The van der Waals surface area contributed by atoms with Crippen molar-refractivity contribution in [2.45, 2.75) is 52.7 Å². The lowest BCUT2D eigenvalue weighted by atomic mass is 10.2. The Labute approximate surface area is 162 Å². The molecule has 142 valence electrons. The maximum absolute atomic E-state index is 12.0. The molecule has 0 radical (unpaired) electrons. The molecule has 0 bridgehead atoms. The van der Waals surface area contributed by atoms with Crippen LogP contribution in [0.5, 0.6) is 0 Å². The van der Waals surface area contributed by atoms with Crippen molar-refractivity contribution in [3.8, 4) is 0 Å². The number of aliphatic imine (C=N–C) groups is 1. The number of amides is 1. The Bertz CT molecular complexity index is 403. The second-order valence-electron chi connectivity index (χ2n) is 6.97. The lowest BCUT2D eigenvalue weighted by Crippen LogP contribution is -2.53. The van der Waals surface area contributed by atoms with E-state index in [9.17, 15) is 4.79 Å². The summed E-state index contributed by atoms with van der Waals surface area (Å²) in [7, 11) is 0. The first-order valence-electron chi connectivity index (χ1n) is 8.33. The summed E-state index contributed by atoms with van der Waals surface area (Å²) < 4.78 is 10.8. The number of carbonyl (C=O) groups excluding carboxylic acids is 1. The van der Waals surface area contributed by atoms with E-state index >= 15 is 0 Å². The van der Waals surface area contributed by atoms with E-state index in [1.165, 1.54) is 0 Å². The molecule has 1 heterocycles. The van der Waals surface area contributed by atoms with Crippen molar-refractivity contribution in [1.29, 1.82) is 0 Å². The normalized spacial score (nSPS) is 16.2. The molecular formula is C16H33IN4O3. The largest absolute Gasteiger partial charge is 0.444 e. The molecule has 8 heteroatoms. The van der Waals surface area contributed by atoms with Crippen LogP contribution in [0.2, 0.25) is 0 Å². The average Bonchev–Trinajstić information content (AvgIpc) is 2.44. The standard InChI is InChI=1S/C16H32N4O3.HI/c1-13(2)22-12-6-7-18-14(17)19-8-10-20(11-9-19)15(21)23-16(3,4)5;/h13H,6-12H2,1-5H3,(H2,17,18);1H. The van der Waals surface area contributed by atoms with Gasteiger partial charge in [0.15, 0.2) is 5.96 Å². The molecule has 24 heavy (non-hydrogen) atoms. The van der Waals surface area contributed by atoms with Gasteiger partial charge in [0.2, 0.25) is 0 Å². The molecular weight excluding hydrogens is 423 g/mol. The first kappa shape index (κ1) is 23.2. The van der Waals surface area contributed by atoms with Crippen LogP contribution in [0.4, 0.5) is 4.79 Å². The zero-order chi connectivity index (χ0) is 17.5. The molecule has 7 nitrogen and oxygen atoms in total. The van der Waals surface area contributed by atoms with Crippen LogP contribution in [0, 0.1) is 0 Å². The van der Waals surface area contributed by atoms with E-state index in [0.717, 1.165) is 6.42 Å². The number of hydrogen-bond donors (Lipinski definition) is 1. The van der Waals surface area contributed by atoms with Crippen LogP contribution in [0.1, 0.15) is 41.0 Å². The van der Waals surface area contributed by atoms with Gasteiger partial charge in [-0.1, -0.05) is 0 Å². The summed E-state index contributed by atoms with van der Waals surface area (Å²) >= 11 is 0. The minimum Gasteiger partial charge on any atom is -0.444 e. The third kappa shape index (κ3) is 9.51. The number of rotatable bonds is 5. The molecule has 1 fully saturated rings. The van der Waals surface area contributed by atoms with Gasteiger partial charge in [0, 0.05) is 39.3 Å². The molecule has 0 aromatic carbocycles. The van der Waals surface area contributed by atoms with Gasteiger partial charge >= 0.3 is 6.09 Å². The van der Waals surface area contributed by atoms with Crippen molar-refractivity contribution in [3.63, 3.8) is 0 Å². The molecule has 2 N–H and O–H groups in total. The Kier molecular flexibility index (Phi) is 10.6. The van der Waals surface area contributed by atoms with Gasteiger partial charge in [-0.05, 0) is 41.0 Å². The number of nitrogens with zero attached hydrogens (tertiary/aromatic N) is 3. The molecule has 0 spiro atoms. The molecule has 1 rings (SSSR count). The van der Waals surface area contributed by atoms with Crippen molar-refractivity contribution >= 4 is 36.0 Å². The van der Waals surface area contributed by atoms with Crippen molar-refractivity contribution in [2.24, 2.45) is 10.7 Å². The lowest BCUT2D eigenvalue weighted by Gasteiger charge is -2.36. The van der Waals surface area contributed by atoms with E-state index < -0.39 is 5.60 Å². The average molecular weight is 456 g/mol. The molecule has 0 saturated carbocycles. The Morgan fingerprint density at radius 3 is 2.21 bits per heavy atom. The van der Waals surface area contributed by atoms with Gasteiger partial charge in [-0.2, -0.15) is 0 Å². The highest BCUT2D eigenvalue weighted by atomic mass is 127. The molecule has 1 saturated heterocycles. The molecule has 0 unspecified atom stereocenters. The maximum Gasteiger partial charge on any atom is 0.410 e. The quantitative estimate of drug-likeness (QED) is 0.297. The van der Waals surface area contributed by atoms with E-state index in [1.807, 2.05) is 39.5 Å². The Morgan fingerprint density at radius 2 is 1.71 bits per heavy atom. The van der Waals surface area contributed by atoms with Crippen LogP contribution in [0.25, 0.3) is 0 Å². The highest BCUT2D eigenvalue weighted by Gasteiger charge is 2.26. The fourth-order valence-corrected chi connectivity index (χ4v) is 2.12. The molecule has 1 aliphatic rings. The van der Waals surface area contributed by atoms with Gasteiger partial charge in [0.05, 0.1) is 6.10 Å². The van der Waals surface area contributed by atoms with E-state index in [4.69, 9.17) is 15.2 Å². The van der Waals surface area contributed by atoms with Crippen LogP contribution in [-0.2, 0) is 9.47 Å². The van der Waals surface area contributed by atoms with Gasteiger partial charge in [0.1, 0.15) is 5.60 Å². The smallest absolute Gasteiger partial charge is 0.410 e. The van der Waals surface area contributed by atoms with E-state index in [2.05, 4.69) is 4.99 Å². The van der Waals surface area contributed by atoms with E-state index in [-0.39, 0.29) is 36.2 Å². The van der Waals surface area contributed by atoms with Crippen LogP contribution < -0.4 is 5.73 Å². The number of carbonyl (C=O) groups is 1. The van der Waals surface area contributed by atoms with Gasteiger partial charge < -0.3 is 25.0 Å². The number of nitrogens with two attached hydrogens (primary N) is 1. The highest BCUT2D eigenvalue weighted by molar-refractivity contribution is 14.0. The summed E-state index contributed by atoms with van der Waals surface area (Å²) in [5.74, 6) is 0.540.